The van der Waals surface area contributed by atoms with Crippen molar-refractivity contribution >= 4 is 22.6 Å². The predicted molar refractivity (Wildman–Crippen MR) is 114 cm³/mol. The van der Waals surface area contributed by atoms with Crippen LogP contribution in [-0.4, -0.2) is 40.1 Å². The summed E-state index contributed by atoms with van der Waals surface area (Å²) in [4.78, 5) is 28.9. The predicted octanol–water partition coefficient (Wildman–Crippen LogP) is 3.93. The van der Waals surface area contributed by atoms with E-state index >= 15 is 0 Å². The van der Waals surface area contributed by atoms with E-state index in [2.05, 4.69) is 25.3 Å². The van der Waals surface area contributed by atoms with Crippen molar-refractivity contribution in [2.75, 3.05) is 19.5 Å². The Morgan fingerprint density at radius 1 is 0.969 bits per heavy atom. The molecule has 0 saturated carbocycles. The minimum absolute atomic E-state index is 0.0535. The Kier molecular flexibility index (Phi) is 5.75. The molecule has 0 unspecified atom stereocenters. The number of aromatic nitrogens is 4. The van der Waals surface area contributed by atoms with Crippen molar-refractivity contribution in [3.63, 3.8) is 0 Å². The normalized spacial score (nSPS) is 10.6. The van der Waals surface area contributed by atoms with E-state index in [1.807, 2.05) is 0 Å². The van der Waals surface area contributed by atoms with E-state index in [1.165, 1.54) is 44.9 Å². The van der Waals surface area contributed by atoms with E-state index in [0.717, 1.165) is 6.07 Å². The minimum Gasteiger partial charge on any atom is -0.491 e. The number of carbonyl (C=O) groups is 1. The van der Waals surface area contributed by atoms with Gasteiger partial charge in [0.1, 0.15) is 11.2 Å². The lowest BCUT2D eigenvalue weighted by atomic mass is 10.2. The Morgan fingerprint density at radius 3 is 2.50 bits per heavy atom. The SMILES string of the molecule is COc1cc2nccc(Oc3ccc(NC(=O)c4cnc(C)cn4)cc3F)c2nc1OC. The molecule has 1 aromatic carbocycles. The quantitative estimate of drug-likeness (QED) is 0.485. The van der Waals surface area contributed by atoms with Crippen LogP contribution in [0, 0.1) is 12.7 Å². The number of hydrogen-bond donors (Lipinski definition) is 1. The van der Waals surface area contributed by atoms with Gasteiger partial charge < -0.3 is 19.5 Å². The van der Waals surface area contributed by atoms with E-state index in [-0.39, 0.29) is 28.8 Å². The third-order valence-corrected chi connectivity index (χ3v) is 4.44. The summed E-state index contributed by atoms with van der Waals surface area (Å²) in [6.45, 7) is 1.76. The zero-order valence-corrected chi connectivity index (χ0v) is 17.4. The Balaban J connectivity index is 1.58. The number of halogens is 1. The Bertz CT molecular complexity index is 1300. The molecule has 3 heterocycles. The molecule has 3 aromatic heterocycles. The molecule has 0 bridgehead atoms. The number of benzene rings is 1. The molecular weight excluding hydrogens is 417 g/mol. The molecule has 0 spiro atoms. The second-order valence-corrected chi connectivity index (χ2v) is 6.62. The smallest absolute Gasteiger partial charge is 0.275 e. The first-order chi connectivity index (χ1) is 15.5. The van der Waals surface area contributed by atoms with Gasteiger partial charge in [0.25, 0.3) is 11.8 Å². The molecule has 10 heteroatoms. The summed E-state index contributed by atoms with van der Waals surface area (Å²) in [5.74, 6) is -0.298. The number of amides is 1. The van der Waals surface area contributed by atoms with Gasteiger partial charge >= 0.3 is 0 Å². The van der Waals surface area contributed by atoms with Gasteiger partial charge in [-0.1, -0.05) is 0 Å². The lowest BCUT2D eigenvalue weighted by molar-refractivity contribution is 0.102. The first kappa shape index (κ1) is 20.9. The molecule has 1 N–H and O–H groups in total. The summed E-state index contributed by atoms with van der Waals surface area (Å²) in [5, 5.41) is 2.58. The van der Waals surface area contributed by atoms with Gasteiger partial charge in [0.2, 0.25) is 0 Å². The van der Waals surface area contributed by atoms with Gasteiger partial charge in [-0.15, -0.1) is 0 Å². The molecule has 0 aliphatic carbocycles. The number of nitrogens with one attached hydrogen (secondary N) is 1. The summed E-state index contributed by atoms with van der Waals surface area (Å²) in [6.07, 6.45) is 4.34. The fourth-order valence-electron chi connectivity index (χ4n) is 2.87. The average molecular weight is 435 g/mol. The van der Waals surface area contributed by atoms with Crippen LogP contribution in [-0.2, 0) is 0 Å². The van der Waals surface area contributed by atoms with Gasteiger partial charge in [0, 0.05) is 36.3 Å². The van der Waals surface area contributed by atoms with Crippen molar-refractivity contribution in [2.24, 2.45) is 0 Å². The number of fused-ring (bicyclic) bond motifs is 1. The maximum absolute atomic E-state index is 14.7. The highest BCUT2D eigenvalue weighted by Crippen LogP contribution is 2.35. The zero-order chi connectivity index (χ0) is 22.7. The average Bonchev–Trinajstić information content (AvgIpc) is 2.80. The molecule has 0 radical (unpaired) electrons. The van der Waals surface area contributed by atoms with Crippen LogP contribution < -0.4 is 19.5 Å². The molecule has 0 atom stereocenters. The standard InChI is InChI=1S/C22H18FN5O4/c1-12-10-26-16(11-25-12)21(29)27-13-4-5-17(14(23)8-13)32-18-6-7-24-15-9-19(30-2)22(31-3)28-20(15)18/h4-11H,1-3H3,(H,27,29). The van der Waals surface area contributed by atoms with Crippen molar-refractivity contribution in [1.82, 2.24) is 19.9 Å². The van der Waals surface area contributed by atoms with Gasteiger partial charge in [-0.3, -0.25) is 14.8 Å². The second-order valence-electron chi connectivity index (χ2n) is 6.62. The third-order valence-electron chi connectivity index (χ3n) is 4.44. The number of hydrogen-bond acceptors (Lipinski definition) is 8. The molecule has 4 aromatic rings. The van der Waals surface area contributed by atoms with Crippen molar-refractivity contribution < 1.29 is 23.4 Å². The van der Waals surface area contributed by atoms with E-state index in [4.69, 9.17) is 14.2 Å². The first-order valence-electron chi connectivity index (χ1n) is 9.43. The largest absolute Gasteiger partial charge is 0.491 e. The van der Waals surface area contributed by atoms with Crippen LogP contribution in [0.1, 0.15) is 16.2 Å². The third kappa shape index (κ3) is 4.24. The lowest BCUT2D eigenvalue weighted by Crippen LogP contribution is -2.14. The summed E-state index contributed by atoms with van der Waals surface area (Å²) in [7, 11) is 2.95. The van der Waals surface area contributed by atoms with Crippen LogP contribution in [0.5, 0.6) is 23.1 Å². The van der Waals surface area contributed by atoms with Crippen LogP contribution in [0.4, 0.5) is 10.1 Å². The second kappa shape index (κ2) is 8.80. The van der Waals surface area contributed by atoms with Gasteiger partial charge in [-0.05, 0) is 19.1 Å². The minimum atomic E-state index is -0.678. The highest BCUT2D eigenvalue weighted by molar-refractivity contribution is 6.02. The number of aryl methyl sites for hydroxylation is 1. The summed E-state index contributed by atoms with van der Waals surface area (Å²) < 4.78 is 30.9. The van der Waals surface area contributed by atoms with Crippen LogP contribution >= 0.6 is 0 Å². The van der Waals surface area contributed by atoms with E-state index in [0.29, 0.717) is 22.5 Å². The van der Waals surface area contributed by atoms with Gasteiger partial charge in [0.05, 0.1) is 31.6 Å². The molecule has 162 valence electrons. The fraction of sp³-hybridized carbons (Fsp3) is 0.136. The maximum Gasteiger partial charge on any atom is 0.275 e. The highest BCUT2D eigenvalue weighted by Gasteiger charge is 2.15. The van der Waals surface area contributed by atoms with Gasteiger partial charge in [-0.25, -0.2) is 14.4 Å². The summed E-state index contributed by atoms with van der Waals surface area (Å²) >= 11 is 0. The number of pyridine rings is 2. The van der Waals surface area contributed by atoms with Crippen LogP contribution in [0.25, 0.3) is 11.0 Å². The van der Waals surface area contributed by atoms with Gasteiger partial charge in [0.15, 0.2) is 23.1 Å². The van der Waals surface area contributed by atoms with E-state index < -0.39 is 11.7 Å². The Morgan fingerprint density at radius 2 is 1.81 bits per heavy atom. The number of carbonyl (C=O) groups excluding carboxylic acids is 1. The molecule has 9 nitrogen and oxygen atoms in total. The zero-order valence-electron chi connectivity index (χ0n) is 17.4. The first-order valence-corrected chi connectivity index (χ1v) is 9.43. The molecule has 4 rings (SSSR count). The molecule has 0 saturated heterocycles. The van der Waals surface area contributed by atoms with Crippen molar-refractivity contribution in [3.8, 4) is 23.1 Å². The highest BCUT2D eigenvalue weighted by atomic mass is 19.1. The van der Waals surface area contributed by atoms with Crippen LogP contribution in [0.3, 0.4) is 0 Å². The van der Waals surface area contributed by atoms with Crippen molar-refractivity contribution in [3.05, 3.63) is 66.1 Å². The monoisotopic (exact) mass is 435 g/mol. The molecule has 1 amide bonds. The maximum atomic E-state index is 14.7. The van der Waals surface area contributed by atoms with Crippen molar-refractivity contribution in [2.45, 2.75) is 6.92 Å². The number of ether oxygens (including phenoxy) is 3. The molecule has 0 aliphatic rings. The lowest BCUT2D eigenvalue weighted by Gasteiger charge is -2.12. The summed E-state index contributed by atoms with van der Waals surface area (Å²) in [6, 6.07) is 7.27. The van der Waals surface area contributed by atoms with E-state index in [9.17, 15) is 9.18 Å². The van der Waals surface area contributed by atoms with Crippen molar-refractivity contribution in [1.29, 1.82) is 0 Å². The Labute approximate surface area is 182 Å². The topological polar surface area (TPSA) is 108 Å². The van der Waals surface area contributed by atoms with Gasteiger partial charge in [-0.2, -0.15) is 0 Å². The van der Waals surface area contributed by atoms with Crippen LogP contribution in [0.2, 0.25) is 0 Å². The van der Waals surface area contributed by atoms with E-state index in [1.54, 1.807) is 19.1 Å². The molecule has 0 aliphatic heterocycles. The fourth-order valence-corrected chi connectivity index (χ4v) is 2.87. The number of anilines is 1. The number of nitrogens with zero attached hydrogens (tertiary/aromatic N) is 4. The number of rotatable bonds is 6. The molecule has 32 heavy (non-hydrogen) atoms. The molecule has 0 fully saturated rings. The van der Waals surface area contributed by atoms with Crippen LogP contribution in [0.15, 0.2) is 48.9 Å². The Hall–Kier alpha value is -4.34. The summed E-state index contributed by atoms with van der Waals surface area (Å²) in [5.41, 5.74) is 1.91. The molecular formula is C22H18FN5O4. The number of methoxy groups -OCH3 is 2.